The highest BCUT2D eigenvalue weighted by atomic mass is 19.4. The van der Waals surface area contributed by atoms with Crippen molar-refractivity contribution in [3.05, 3.63) is 35.6 Å². The molecule has 92 valence electrons. The molecule has 0 amide bonds. The standard InChI is InChI=1S/C9H7F3N2O3/c10-9(11,12)8-13-2-5(3-14-8)1-6(4-15)7(16)17/h2-4,15H,1H2,(H,16,17)/b6-4-. The van der Waals surface area contributed by atoms with Crippen LogP contribution in [0.5, 0.6) is 0 Å². The molecule has 0 aliphatic rings. The molecule has 0 spiro atoms. The van der Waals surface area contributed by atoms with Crippen LogP contribution in [0, 0.1) is 0 Å². The number of aromatic nitrogens is 2. The van der Waals surface area contributed by atoms with Crippen LogP contribution in [-0.2, 0) is 17.4 Å². The SMILES string of the molecule is O=C(O)/C(=C\O)Cc1cnc(C(F)(F)F)nc1. The van der Waals surface area contributed by atoms with E-state index in [1.54, 1.807) is 0 Å². The quantitative estimate of drug-likeness (QED) is 0.626. The number of alkyl halides is 3. The Bertz CT molecular complexity index is 440. The number of aliphatic hydroxyl groups is 1. The second kappa shape index (κ2) is 4.81. The lowest BCUT2D eigenvalue weighted by Gasteiger charge is -2.05. The molecule has 2 N–H and O–H groups in total. The third-order valence-electron chi connectivity index (χ3n) is 1.78. The molecule has 0 bridgehead atoms. The molecule has 1 heterocycles. The molecule has 0 aliphatic heterocycles. The lowest BCUT2D eigenvalue weighted by Crippen LogP contribution is -2.11. The predicted octanol–water partition coefficient (Wildman–Crippen LogP) is 1.56. The zero-order chi connectivity index (χ0) is 13.1. The minimum absolute atomic E-state index is 0.153. The molecule has 0 aliphatic carbocycles. The van der Waals surface area contributed by atoms with Crippen molar-refractivity contribution < 1.29 is 28.2 Å². The summed E-state index contributed by atoms with van der Waals surface area (Å²) in [7, 11) is 0. The number of aliphatic hydroxyl groups excluding tert-OH is 1. The van der Waals surface area contributed by atoms with Gasteiger partial charge in [0.1, 0.15) is 0 Å². The van der Waals surface area contributed by atoms with Gasteiger partial charge in [0.05, 0.1) is 11.8 Å². The Balaban J connectivity index is 2.86. The van der Waals surface area contributed by atoms with Crippen molar-refractivity contribution in [2.24, 2.45) is 0 Å². The van der Waals surface area contributed by atoms with Gasteiger partial charge in [0.2, 0.25) is 5.82 Å². The van der Waals surface area contributed by atoms with Crippen LogP contribution in [0.1, 0.15) is 11.4 Å². The summed E-state index contributed by atoms with van der Waals surface area (Å²) in [4.78, 5) is 16.6. The van der Waals surface area contributed by atoms with Crippen LogP contribution < -0.4 is 0 Å². The first-order chi connectivity index (χ1) is 7.84. The smallest absolute Gasteiger partial charge is 0.451 e. The predicted molar refractivity (Wildman–Crippen MR) is 49.1 cm³/mol. The highest BCUT2D eigenvalue weighted by Crippen LogP contribution is 2.25. The first-order valence-corrected chi connectivity index (χ1v) is 4.29. The molecule has 0 radical (unpaired) electrons. The van der Waals surface area contributed by atoms with Crippen molar-refractivity contribution in [3.63, 3.8) is 0 Å². The maximum Gasteiger partial charge on any atom is 0.451 e. The number of nitrogens with zero attached hydrogens (tertiary/aromatic N) is 2. The van der Waals surface area contributed by atoms with Gasteiger partial charge in [-0.2, -0.15) is 13.2 Å². The number of aliphatic carboxylic acids is 1. The van der Waals surface area contributed by atoms with Crippen LogP contribution >= 0.6 is 0 Å². The second-order valence-corrected chi connectivity index (χ2v) is 3.05. The molecule has 5 nitrogen and oxygen atoms in total. The van der Waals surface area contributed by atoms with Crippen molar-refractivity contribution >= 4 is 5.97 Å². The van der Waals surface area contributed by atoms with Gasteiger partial charge in [0, 0.05) is 18.8 Å². The summed E-state index contributed by atoms with van der Waals surface area (Å²) in [6.07, 6.45) is -2.80. The number of carboxylic acid groups (broad SMARTS) is 1. The molecule has 17 heavy (non-hydrogen) atoms. The lowest BCUT2D eigenvalue weighted by atomic mass is 10.1. The number of hydrogen-bond acceptors (Lipinski definition) is 4. The zero-order valence-electron chi connectivity index (χ0n) is 8.27. The molecular formula is C9H7F3N2O3. The van der Waals surface area contributed by atoms with Gasteiger partial charge in [-0.25, -0.2) is 14.8 Å². The van der Waals surface area contributed by atoms with Crippen molar-refractivity contribution in [2.45, 2.75) is 12.6 Å². The molecule has 0 fully saturated rings. The van der Waals surface area contributed by atoms with E-state index >= 15 is 0 Å². The zero-order valence-corrected chi connectivity index (χ0v) is 8.27. The van der Waals surface area contributed by atoms with Gasteiger partial charge in [-0.05, 0) is 5.56 Å². The monoisotopic (exact) mass is 248 g/mol. The van der Waals surface area contributed by atoms with Crippen LogP contribution in [0.15, 0.2) is 24.2 Å². The minimum atomic E-state index is -4.64. The Kier molecular flexibility index (Phi) is 3.66. The maximum atomic E-state index is 12.1. The largest absolute Gasteiger partial charge is 0.515 e. The molecule has 1 aromatic heterocycles. The normalized spacial score (nSPS) is 12.5. The Morgan fingerprint density at radius 2 is 1.88 bits per heavy atom. The van der Waals surface area contributed by atoms with E-state index in [0.29, 0.717) is 6.26 Å². The fourth-order valence-electron chi connectivity index (χ4n) is 0.989. The summed E-state index contributed by atoms with van der Waals surface area (Å²) in [5.74, 6) is -2.67. The van der Waals surface area contributed by atoms with E-state index in [4.69, 9.17) is 10.2 Å². The minimum Gasteiger partial charge on any atom is -0.515 e. The van der Waals surface area contributed by atoms with E-state index in [1.807, 2.05) is 0 Å². The third-order valence-corrected chi connectivity index (χ3v) is 1.78. The molecule has 0 saturated heterocycles. The number of hydrogen-bond donors (Lipinski definition) is 2. The van der Waals surface area contributed by atoms with Crippen LogP contribution in [-0.4, -0.2) is 26.2 Å². The fraction of sp³-hybridized carbons (Fsp3) is 0.222. The van der Waals surface area contributed by atoms with Crippen molar-refractivity contribution in [3.8, 4) is 0 Å². The summed E-state index contributed by atoms with van der Waals surface area (Å²) in [6, 6.07) is 0. The van der Waals surface area contributed by atoms with Gasteiger partial charge in [0.15, 0.2) is 0 Å². The highest BCUT2D eigenvalue weighted by Gasteiger charge is 2.34. The molecule has 1 rings (SSSR count). The van der Waals surface area contributed by atoms with Gasteiger partial charge < -0.3 is 10.2 Å². The van der Waals surface area contributed by atoms with E-state index in [-0.39, 0.29) is 17.6 Å². The van der Waals surface area contributed by atoms with E-state index in [2.05, 4.69) is 9.97 Å². The van der Waals surface area contributed by atoms with E-state index in [9.17, 15) is 18.0 Å². The average Bonchev–Trinajstić information content (AvgIpc) is 2.25. The molecule has 0 unspecified atom stereocenters. The number of carboxylic acids is 1. The van der Waals surface area contributed by atoms with Gasteiger partial charge >= 0.3 is 12.1 Å². The number of halogens is 3. The molecule has 0 aromatic carbocycles. The summed E-state index contributed by atoms with van der Waals surface area (Å²) < 4.78 is 36.3. The molecule has 0 saturated carbocycles. The number of carbonyl (C=O) groups is 1. The van der Waals surface area contributed by atoms with Crippen molar-refractivity contribution in [1.29, 1.82) is 0 Å². The van der Waals surface area contributed by atoms with Gasteiger partial charge in [-0.1, -0.05) is 0 Å². The van der Waals surface area contributed by atoms with Gasteiger partial charge in [-0.15, -0.1) is 0 Å². The summed E-state index contributed by atoms with van der Waals surface area (Å²) in [5, 5.41) is 17.1. The lowest BCUT2D eigenvalue weighted by molar-refractivity contribution is -0.145. The summed E-state index contributed by atoms with van der Waals surface area (Å²) in [5.41, 5.74) is -0.214. The van der Waals surface area contributed by atoms with E-state index in [1.165, 1.54) is 0 Å². The summed E-state index contributed by atoms with van der Waals surface area (Å²) in [6.45, 7) is 0. The summed E-state index contributed by atoms with van der Waals surface area (Å²) >= 11 is 0. The number of rotatable bonds is 3. The van der Waals surface area contributed by atoms with Crippen LogP contribution in [0.4, 0.5) is 13.2 Å². The average molecular weight is 248 g/mol. The van der Waals surface area contributed by atoms with E-state index < -0.39 is 18.0 Å². The fourth-order valence-corrected chi connectivity index (χ4v) is 0.989. The molecule has 0 atom stereocenters. The molecular weight excluding hydrogens is 241 g/mol. The first kappa shape index (κ1) is 12.9. The van der Waals surface area contributed by atoms with Crippen molar-refractivity contribution in [2.75, 3.05) is 0 Å². The first-order valence-electron chi connectivity index (χ1n) is 4.29. The molecule has 1 aromatic rings. The Morgan fingerprint density at radius 1 is 1.35 bits per heavy atom. The highest BCUT2D eigenvalue weighted by molar-refractivity contribution is 5.86. The third kappa shape index (κ3) is 3.44. The van der Waals surface area contributed by atoms with Crippen LogP contribution in [0.2, 0.25) is 0 Å². The second-order valence-electron chi connectivity index (χ2n) is 3.05. The van der Waals surface area contributed by atoms with E-state index in [0.717, 1.165) is 12.4 Å². The van der Waals surface area contributed by atoms with Gasteiger partial charge in [0.25, 0.3) is 0 Å². The van der Waals surface area contributed by atoms with Gasteiger partial charge in [-0.3, -0.25) is 0 Å². The maximum absolute atomic E-state index is 12.1. The van der Waals surface area contributed by atoms with Crippen molar-refractivity contribution in [1.82, 2.24) is 9.97 Å². The molecule has 8 heteroatoms. The van der Waals surface area contributed by atoms with Crippen LogP contribution in [0.3, 0.4) is 0 Å². The topological polar surface area (TPSA) is 83.3 Å². The Labute approximate surface area is 93.3 Å². The Morgan fingerprint density at radius 3 is 2.24 bits per heavy atom. The van der Waals surface area contributed by atoms with Crippen LogP contribution in [0.25, 0.3) is 0 Å². The Hall–Kier alpha value is -2.12.